The third-order valence-electron chi connectivity index (χ3n) is 1.82. The van der Waals surface area contributed by atoms with Crippen LogP contribution in [0, 0.1) is 0 Å². The van der Waals surface area contributed by atoms with Gasteiger partial charge in [-0.05, 0) is 6.42 Å². The molecule has 6 nitrogen and oxygen atoms in total. The lowest BCUT2D eigenvalue weighted by Crippen LogP contribution is -2.36. The van der Waals surface area contributed by atoms with Crippen molar-refractivity contribution in [3.05, 3.63) is 0 Å². The summed E-state index contributed by atoms with van der Waals surface area (Å²) in [5, 5.41) is 8.62. The summed E-state index contributed by atoms with van der Waals surface area (Å²) in [5.74, 6) is -1.09. The van der Waals surface area contributed by atoms with Gasteiger partial charge in [0.1, 0.15) is 0 Å². The van der Waals surface area contributed by atoms with E-state index in [1.54, 1.807) is 0 Å². The zero-order valence-electron chi connectivity index (χ0n) is 7.67. The molecule has 0 spiro atoms. The van der Waals surface area contributed by atoms with Crippen LogP contribution in [0.25, 0.3) is 0 Å². The molecule has 0 saturated carbocycles. The van der Waals surface area contributed by atoms with Crippen molar-refractivity contribution in [2.45, 2.75) is 25.0 Å². The number of hydrogen-bond donors (Lipinski definition) is 1. The first-order valence-electron chi connectivity index (χ1n) is 4.11. The maximum Gasteiger partial charge on any atom is 0.332 e. The standard InChI is InChI=1S/C7H12O6S/c1-14(10,11)13-5-2-3-12-6(4-5)7(8)9/h5-6H,2-4H2,1H3,(H,8,9). The quantitative estimate of drug-likeness (QED) is 0.656. The third kappa shape index (κ3) is 3.60. The molecular weight excluding hydrogens is 212 g/mol. The van der Waals surface area contributed by atoms with Crippen LogP contribution in [0.1, 0.15) is 12.8 Å². The van der Waals surface area contributed by atoms with E-state index in [2.05, 4.69) is 4.18 Å². The summed E-state index contributed by atoms with van der Waals surface area (Å²) in [5.41, 5.74) is 0. The summed E-state index contributed by atoms with van der Waals surface area (Å²) >= 11 is 0. The van der Waals surface area contributed by atoms with E-state index in [0.717, 1.165) is 6.26 Å². The highest BCUT2D eigenvalue weighted by atomic mass is 32.2. The van der Waals surface area contributed by atoms with Gasteiger partial charge < -0.3 is 9.84 Å². The molecule has 1 fully saturated rings. The minimum Gasteiger partial charge on any atom is -0.479 e. The predicted molar refractivity (Wildman–Crippen MR) is 46.3 cm³/mol. The molecule has 2 atom stereocenters. The minimum atomic E-state index is -3.52. The zero-order chi connectivity index (χ0) is 10.8. The van der Waals surface area contributed by atoms with Gasteiger partial charge in [0.15, 0.2) is 6.10 Å². The van der Waals surface area contributed by atoms with E-state index in [-0.39, 0.29) is 13.0 Å². The molecule has 0 aromatic carbocycles. The van der Waals surface area contributed by atoms with Gasteiger partial charge >= 0.3 is 5.97 Å². The Labute approximate surface area is 81.9 Å². The maximum atomic E-state index is 10.8. The van der Waals surface area contributed by atoms with E-state index >= 15 is 0 Å². The molecular formula is C7H12O6S. The van der Waals surface area contributed by atoms with E-state index < -0.39 is 28.3 Å². The summed E-state index contributed by atoms with van der Waals surface area (Å²) in [6.45, 7) is 0.206. The molecule has 0 amide bonds. The first kappa shape index (κ1) is 11.4. The predicted octanol–water partition coefficient (Wildman–Crippen LogP) is -0.405. The molecule has 1 aliphatic rings. The molecule has 0 bridgehead atoms. The minimum absolute atomic E-state index is 0.0718. The molecule has 1 heterocycles. The van der Waals surface area contributed by atoms with Crippen LogP contribution < -0.4 is 0 Å². The second kappa shape index (κ2) is 4.24. The topological polar surface area (TPSA) is 89.9 Å². The highest BCUT2D eigenvalue weighted by molar-refractivity contribution is 7.86. The Morgan fingerprint density at radius 1 is 1.57 bits per heavy atom. The largest absolute Gasteiger partial charge is 0.479 e. The Morgan fingerprint density at radius 3 is 2.71 bits per heavy atom. The van der Waals surface area contributed by atoms with Crippen molar-refractivity contribution in [2.75, 3.05) is 12.9 Å². The Hall–Kier alpha value is -0.660. The maximum absolute atomic E-state index is 10.8. The van der Waals surface area contributed by atoms with Gasteiger partial charge in [-0.3, -0.25) is 4.18 Å². The molecule has 14 heavy (non-hydrogen) atoms. The second-order valence-corrected chi connectivity index (χ2v) is 4.75. The second-order valence-electron chi connectivity index (χ2n) is 3.14. The zero-order valence-corrected chi connectivity index (χ0v) is 8.49. The molecule has 0 radical (unpaired) electrons. The SMILES string of the molecule is CS(=O)(=O)OC1CCOC(C(=O)O)C1. The van der Waals surface area contributed by atoms with Crippen LogP contribution in [0.15, 0.2) is 0 Å². The van der Waals surface area contributed by atoms with Crippen molar-refractivity contribution in [3.63, 3.8) is 0 Å². The van der Waals surface area contributed by atoms with Crippen LogP contribution >= 0.6 is 0 Å². The first-order chi connectivity index (χ1) is 6.38. The van der Waals surface area contributed by atoms with Gasteiger partial charge in [-0.25, -0.2) is 4.79 Å². The van der Waals surface area contributed by atoms with Gasteiger partial charge in [0.05, 0.1) is 19.0 Å². The fraction of sp³-hybridized carbons (Fsp3) is 0.857. The summed E-state index contributed by atoms with van der Waals surface area (Å²) < 4.78 is 31.1. The van der Waals surface area contributed by atoms with E-state index in [1.165, 1.54) is 0 Å². The van der Waals surface area contributed by atoms with Crippen LogP contribution in [-0.4, -0.2) is 44.6 Å². The lowest BCUT2D eigenvalue weighted by atomic mass is 10.1. The Bertz CT molecular complexity index is 308. The molecule has 0 aromatic rings. The normalized spacial score (nSPS) is 28.6. The van der Waals surface area contributed by atoms with Crippen molar-refractivity contribution in [2.24, 2.45) is 0 Å². The van der Waals surface area contributed by atoms with Crippen molar-refractivity contribution in [3.8, 4) is 0 Å². The van der Waals surface area contributed by atoms with Crippen molar-refractivity contribution >= 4 is 16.1 Å². The van der Waals surface area contributed by atoms with Crippen LogP contribution in [0.5, 0.6) is 0 Å². The number of rotatable bonds is 3. The molecule has 1 rings (SSSR count). The summed E-state index contributed by atoms with van der Waals surface area (Å²) in [6, 6.07) is 0. The van der Waals surface area contributed by atoms with Gasteiger partial charge in [0, 0.05) is 6.42 Å². The van der Waals surface area contributed by atoms with Gasteiger partial charge in [0.2, 0.25) is 0 Å². The Morgan fingerprint density at radius 2 is 2.21 bits per heavy atom. The lowest BCUT2D eigenvalue weighted by molar-refractivity contribution is -0.156. The molecule has 1 N–H and O–H groups in total. The average molecular weight is 224 g/mol. The average Bonchev–Trinajstić information content (AvgIpc) is 2.01. The number of hydrogen-bond acceptors (Lipinski definition) is 5. The van der Waals surface area contributed by atoms with E-state index in [9.17, 15) is 13.2 Å². The number of carboxylic acids is 1. The molecule has 7 heteroatoms. The van der Waals surface area contributed by atoms with Crippen molar-refractivity contribution < 1.29 is 27.2 Å². The summed E-state index contributed by atoms with van der Waals surface area (Å²) in [7, 11) is -3.52. The molecule has 0 aliphatic carbocycles. The van der Waals surface area contributed by atoms with Crippen LogP contribution in [0.3, 0.4) is 0 Å². The highest BCUT2D eigenvalue weighted by Gasteiger charge is 2.30. The van der Waals surface area contributed by atoms with Crippen LogP contribution in [0.2, 0.25) is 0 Å². The number of carbonyl (C=O) groups is 1. The Balaban J connectivity index is 2.52. The van der Waals surface area contributed by atoms with Gasteiger partial charge in [-0.1, -0.05) is 0 Å². The monoisotopic (exact) mass is 224 g/mol. The van der Waals surface area contributed by atoms with E-state index in [0.29, 0.717) is 6.42 Å². The van der Waals surface area contributed by atoms with Gasteiger partial charge in [-0.2, -0.15) is 8.42 Å². The molecule has 1 aliphatic heterocycles. The smallest absolute Gasteiger partial charge is 0.332 e. The molecule has 2 unspecified atom stereocenters. The van der Waals surface area contributed by atoms with E-state index in [1.807, 2.05) is 0 Å². The van der Waals surface area contributed by atoms with Crippen LogP contribution in [0.4, 0.5) is 0 Å². The molecule has 0 aromatic heterocycles. The van der Waals surface area contributed by atoms with Crippen molar-refractivity contribution in [1.29, 1.82) is 0 Å². The number of carboxylic acid groups (broad SMARTS) is 1. The first-order valence-corrected chi connectivity index (χ1v) is 5.93. The van der Waals surface area contributed by atoms with E-state index in [4.69, 9.17) is 9.84 Å². The summed E-state index contributed by atoms with van der Waals surface area (Å²) in [6.07, 6.45) is -0.132. The number of ether oxygens (including phenoxy) is 1. The fourth-order valence-electron chi connectivity index (χ4n) is 1.27. The van der Waals surface area contributed by atoms with Crippen LogP contribution in [-0.2, 0) is 23.8 Å². The molecule has 1 saturated heterocycles. The fourth-order valence-corrected chi connectivity index (χ4v) is 1.94. The molecule has 82 valence electrons. The Kier molecular flexibility index (Phi) is 3.46. The highest BCUT2D eigenvalue weighted by Crippen LogP contribution is 2.18. The van der Waals surface area contributed by atoms with Gasteiger partial charge in [-0.15, -0.1) is 0 Å². The van der Waals surface area contributed by atoms with Gasteiger partial charge in [0.25, 0.3) is 10.1 Å². The lowest BCUT2D eigenvalue weighted by Gasteiger charge is -2.25. The third-order valence-corrected chi connectivity index (χ3v) is 2.44. The summed E-state index contributed by atoms with van der Waals surface area (Å²) in [4.78, 5) is 10.5. The van der Waals surface area contributed by atoms with Crippen molar-refractivity contribution in [1.82, 2.24) is 0 Å². The number of aliphatic carboxylic acids is 1.